The third kappa shape index (κ3) is 3.72. The second-order valence-corrected chi connectivity index (χ2v) is 5.14. The van der Waals surface area contributed by atoms with Gasteiger partial charge in [0.05, 0.1) is 27.9 Å². The molecule has 0 spiro atoms. The first-order chi connectivity index (χ1) is 11.1. The predicted molar refractivity (Wildman–Crippen MR) is 89.6 cm³/mol. The van der Waals surface area contributed by atoms with Crippen LogP contribution in [0.4, 0.5) is 23.0 Å². The van der Waals surface area contributed by atoms with Crippen molar-refractivity contribution >= 4 is 46.2 Å². The molecule has 3 N–H and O–H groups in total. The van der Waals surface area contributed by atoms with Crippen molar-refractivity contribution in [3.05, 3.63) is 34.6 Å². The van der Waals surface area contributed by atoms with Crippen LogP contribution in [0.1, 0.15) is 0 Å². The first kappa shape index (κ1) is 16.6. The summed E-state index contributed by atoms with van der Waals surface area (Å²) in [6.07, 6.45) is 1.29. The van der Waals surface area contributed by atoms with Gasteiger partial charge in [0.15, 0.2) is 11.6 Å². The molecule has 0 unspecified atom stereocenters. The number of nitrogens with two attached hydrogens (primary N) is 1. The Morgan fingerprint density at radius 3 is 2.52 bits per heavy atom. The van der Waals surface area contributed by atoms with Crippen LogP contribution in [0.15, 0.2) is 24.5 Å². The van der Waals surface area contributed by atoms with Crippen LogP contribution in [0.3, 0.4) is 0 Å². The largest absolute Gasteiger partial charge is 0.393 e. The molecular weight excluding hydrogens is 337 g/mol. The molecule has 1 aromatic heterocycles. The van der Waals surface area contributed by atoms with E-state index in [0.29, 0.717) is 27.4 Å². The highest BCUT2D eigenvalue weighted by Gasteiger charge is 2.16. The Balaban J connectivity index is 2.38. The van der Waals surface area contributed by atoms with Gasteiger partial charge < -0.3 is 16.0 Å². The lowest BCUT2D eigenvalue weighted by Gasteiger charge is -2.20. The molecule has 1 aromatic carbocycles. The van der Waals surface area contributed by atoms with Gasteiger partial charge in [-0.3, -0.25) is 0 Å². The highest BCUT2D eigenvalue weighted by atomic mass is 35.5. The van der Waals surface area contributed by atoms with Crippen LogP contribution in [-0.2, 0) is 0 Å². The lowest BCUT2D eigenvalue weighted by Crippen LogP contribution is -2.26. The molecule has 0 aliphatic carbocycles. The van der Waals surface area contributed by atoms with E-state index in [1.807, 2.05) is 12.1 Å². The third-order valence-corrected chi connectivity index (χ3v) is 3.71. The summed E-state index contributed by atoms with van der Waals surface area (Å²) in [6.45, 7) is -0.0434. The smallest absolute Gasteiger partial charge is 0.159 e. The van der Waals surface area contributed by atoms with Crippen molar-refractivity contribution in [3.63, 3.8) is 0 Å². The molecule has 1 heterocycles. The Labute approximate surface area is 142 Å². The van der Waals surface area contributed by atoms with Gasteiger partial charge in [0.2, 0.25) is 0 Å². The van der Waals surface area contributed by atoms with Gasteiger partial charge in [0.1, 0.15) is 25.1 Å². The third-order valence-electron chi connectivity index (χ3n) is 2.89. The fourth-order valence-electron chi connectivity index (χ4n) is 1.84. The highest BCUT2D eigenvalue weighted by Crippen LogP contribution is 2.34. The van der Waals surface area contributed by atoms with Gasteiger partial charge >= 0.3 is 0 Å². The summed E-state index contributed by atoms with van der Waals surface area (Å²) in [5.74, 6) is 0.601. The molecule has 0 aliphatic heterocycles. The fraction of sp³-hybridized carbons (Fsp3) is 0.143. The number of hydrogen-bond donors (Lipinski definition) is 2. The molecule has 0 saturated carbocycles. The molecule has 0 amide bonds. The molecule has 2 rings (SSSR count). The van der Waals surface area contributed by atoms with Crippen molar-refractivity contribution in [1.82, 2.24) is 9.97 Å². The Bertz CT molecular complexity index is 779. The molecular formula is C14H11Cl2N7. The van der Waals surface area contributed by atoms with Crippen molar-refractivity contribution in [2.24, 2.45) is 0 Å². The Morgan fingerprint density at radius 1 is 1.17 bits per heavy atom. The minimum atomic E-state index is -0.0217. The van der Waals surface area contributed by atoms with E-state index in [0.717, 1.165) is 0 Å². The van der Waals surface area contributed by atoms with Gasteiger partial charge in [-0.05, 0) is 12.1 Å². The molecule has 0 atom stereocenters. The Hall–Kier alpha value is -2.74. The minimum Gasteiger partial charge on any atom is -0.393 e. The maximum absolute atomic E-state index is 8.85. The number of aromatic nitrogens is 2. The number of nitrogen functional groups attached to an aromatic ring is 1. The summed E-state index contributed by atoms with van der Waals surface area (Å²) in [7, 11) is 0. The number of nitrogens with one attached hydrogen (secondary N) is 1. The minimum absolute atomic E-state index is 0.0217. The number of nitriles is 2. The first-order valence-corrected chi connectivity index (χ1v) is 7.14. The molecule has 9 heteroatoms. The summed E-state index contributed by atoms with van der Waals surface area (Å²) in [4.78, 5) is 9.56. The van der Waals surface area contributed by atoms with E-state index < -0.39 is 0 Å². The van der Waals surface area contributed by atoms with E-state index in [2.05, 4.69) is 15.3 Å². The number of hydrogen-bond acceptors (Lipinski definition) is 7. The van der Waals surface area contributed by atoms with Crippen LogP contribution in [0.5, 0.6) is 0 Å². The van der Waals surface area contributed by atoms with Crippen LogP contribution in [0.2, 0.25) is 10.0 Å². The fourth-order valence-corrected chi connectivity index (χ4v) is 2.19. The molecule has 116 valence electrons. The van der Waals surface area contributed by atoms with Crippen molar-refractivity contribution in [3.8, 4) is 12.1 Å². The maximum Gasteiger partial charge on any atom is 0.159 e. The maximum atomic E-state index is 8.85. The van der Waals surface area contributed by atoms with Gasteiger partial charge in [0, 0.05) is 0 Å². The second kappa shape index (κ2) is 7.50. The van der Waals surface area contributed by atoms with Crippen molar-refractivity contribution in [1.29, 1.82) is 10.5 Å². The molecule has 0 saturated heterocycles. The Kier molecular flexibility index (Phi) is 5.42. The van der Waals surface area contributed by atoms with E-state index in [1.54, 1.807) is 18.2 Å². The van der Waals surface area contributed by atoms with E-state index in [1.165, 1.54) is 11.2 Å². The van der Waals surface area contributed by atoms with E-state index >= 15 is 0 Å². The number of anilines is 4. The van der Waals surface area contributed by atoms with Gasteiger partial charge in [0.25, 0.3) is 0 Å². The normalized spacial score (nSPS) is 9.74. The van der Waals surface area contributed by atoms with Crippen LogP contribution < -0.4 is 16.0 Å². The van der Waals surface area contributed by atoms with E-state index in [-0.39, 0.29) is 18.8 Å². The molecule has 0 fully saturated rings. The quantitative estimate of drug-likeness (QED) is 0.798. The van der Waals surface area contributed by atoms with Gasteiger partial charge in [-0.1, -0.05) is 29.3 Å². The molecule has 0 bridgehead atoms. The molecule has 0 radical (unpaired) electrons. The predicted octanol–water partition coefficient (Wildman–Crippen LogP) is 2.96. The number of halogens is 2. The Morgan fingerprint density at radius 2 is 1.87 bits per heavy atom. The number of rotatable bonds is 5. The van der Waals surface area contributed by atoms with Crippen LogP contribution in [-0.4, -0.2) is 23.1 Å². The topological polar surface area (TPSA) is 115 Å². The monoisotopic (exact) mass is 347 g/mol. The second-order valence-electron chi connectivity index (χ2n) is 4.36. The average Bonchev–Trinajstić information content (AvgIpc) is 2.53. The van der Waals surface area contributed by atoms with E-state index in [4.69, 9.17) is 39.5 Å². The van der Waals surface area contributed by atoms with Crippen molar-refractivity contribution in [2.75, 3.05) is 29.0 Å². The summed E-state index contributed by atoms with van der Waals surface area (Å²) in [5.41, 5.74) is 6.79. The van der Waals surface area contributed by atoms with Gasteiger partial charge in [-0.2, -0.15) is 10.5 Å². The molecule has 23 heavy (non-hydrogen) atoms. The van der Waals surface area contributed by atoms with Crippen molar-refractivity contribution in [2.45, 2.75) is 0 Å². The zero-order chi connectivity index (χ0) is 16.8. The van der Waals surface area contributed by atoms with Crippen molar-refractivity contribution < 1.29 is 0 Å². The zero-order valence-electron chi connectivity index (χ0n) is 11.8. The number of nitrogens with zero attached hydrogens (tertiary/aromatic N) is 5. The summed E-state index contributed by atoms with van der Waals surface area (Å²) in [6, 6.07) is 9.03. The van der Waals surface area contributed by atoms with Crippen LogP contribution in [0.25, 0.3) is 0 Å². The van der Waals surface area contributed by atoms with Gasteiger partial charge in [-0.15, -0.1) is 0 Å². The highest BCUT2D eigenvalue weighted by molar-refractivity contribution is 6.43. The standard InChI is InChI=1S/C14H11Cl2N7/c15-9-2-1-3-10(11(9)16)22-13-12(19)14(21-8-20-13)23(6-4-17)7-5-18/h1-3,8H,6-7,19H2,(H,20,21,22). The summed E-state index contributed by atoms with van der Waals surface area (Å²) >= 11 is 12.1. The van der Waals surface area contributed by atoms with E-state index in [9.17, 15) is 0 Å². The molecule has 0 aliphatic rings. The summed E-state index contributed by atoms with van der Waals surface area (Å²) < 4.78 is 0. The molecule has 7 nitrogen and oxygen atoms in total. The number of benzene rings is 1. The lowest BCUT2D eigenvalue weighted by atomic mass is 10.3. The SMILES string of the molecule is N#CCN(CC#N)c1ncnc(Nc2cccc(Cl)c2Cl)c1N. The lowest BCUT2D eigenvalue weighted by molar-refractivity contribution is 0.930. The molecule has 2 aromatic rings. The zero-order valence-corrected chi connectivity index (χ0v) is 13.3. The van der Waals surface area contributed by atoms with Crippen LogP contribution in [0, 0.1) is 22.7 Å². The summed E-state index contributed by atoms with van der Waals surface area (Å²) in [5, 5.41) is 21.4. The van der Waals surface area contributed by atoms with Gasteiger partial charge in [-0.25, -0.2) is 9.97 Å². The van der Waals surface area contributed by atoms with Crippen LogP contribution >= 0.6 is 23.2 Å². The first-order valence-electron chi connectivity index (χ1n) is 6.38. The average molecular weight is 348 g/mol.